The van der Waals surface area contributed by atoms with E-state index in [1.54, 1.807) is 0 Å². The highest BCUT2D eigenvalue weighted by Gasteiger charge is 2.21. The smallest absolute Gasteiger partial charge is 0.156 e. The lowest BCUT2D eigenvalue weighted by Crippen LogP contribution is -2.36. The van der Waals surface area contributed by atoms with Gasteiger partial charge in [-0.25, -0.2) is 0 Å². The van der Waals surface area contributed by atoms with Crippen molar-refractivity contribution in [1.82, 2.24) is 5.32 Å². The second kappa shape index (κ2) is 5.06. The average Bonchev–Trinajstić information content (AvgIpc) is 2.60. The first-order chi connectivity index (χ1) is 6.86. The van der Waals surface area contributed by atoms with Crippen LogP contribution in [0.25, 0.3) is 0 Å². The fourth-order valence-electron chi connectivity index (χ4n) is 2.29. The zero-order valence-corrected chi connectivity index (χ0v) is 9.78. The van der Waals surface area contributed by atoms with E-state index in [-0.39, 0.29) is 0 Å². The van der Waals surface area contributed by atoms with Crippen LogP contribution in [-0.2, 0) is 0 Å². The topological polar surface area (TPSA) is 24.4 Å². The maximum absolute atomic E-state index is 4.46. The van der Waals surface area contributed by atoms with Crippen LogP contribution in [0.15, 0.2) is 4.99 Å². The number of hydrogen-bond donors (Lipinski definition) is 1. The lowest BCUT2D eigenvalue weighted by molar-refractivity contribution is 0.402. The van der Waals surface area contributed by atoms with Crippen LogP contribution < -0.4 is 5.32 Å². The molecule has 0 spiro atoms. The molecule has 0 bridgehead atoms. The monoisotopic (exact) mass is 212 g/mol. The Kier molecular flexibility index (Phi) is 3.74. The first-order valence-corrected chi connectivity index (χ1v) is 6.78. The number of amidine groups is 1. The summed E-state index contributed by atoms with van der Waals surface area (Å²) >= 11 is 1.88. The third kappa shape index (κ3) is 2.66. The lowest BCUT2D eigenvalue weighted by atomic mass is 9.97. The summed E-state index contributed by atoms with van der Waals surface area (Å²) in [4.78, 5) is 4.46. The molecule has 0 saturated heterocycles. The van der Waals surface area contributed by atoms with Crippen molar-refractivity contribution < 1.29 is 0 Å². The van der Waals surface area contributed by atoms with Gasteiger partial charge in [-0.05, 0) is 18.8 Å². The highest BCUT2D eigenvalue weighted by molar-refractivity contribution is 8.14. The quantitative estimate of drug-likeness (QED) is 0.676. The molecule has 14 heavy (non-hydrogen) atoms. The molecule has 80 valence electrons. The van der Waals surface area contributed by atoms with Crippen LogP contribution in [-0.4, -0.2) is 23.5 Å². The number of nitrogens with one attached hydrogen (secondary N) is 1. The van der Waals surface area contributed by atoms with Crippen LogP contribution >= 0.6 is 11.8 Å². The summed E-state index contributed by atoms with van der Waals surface area (Å²) < 4.78 is 0. The minimum atomic E-state index is 0.682. The van der Waals surface area contributed by atoms with E-state index in [9.17, 15) is 0 Å². The van der Waals surface area contributed by atoms with Gasteiger partial charge in [0, 0.05) is 11.8 Å². The zero-order valence-electron chi connectivity index (χ0n) is 8.96. The van der Waals surface area contributed by atoms with Crippen LogP contribution in [0.1, 0.15) is 39.0 Å². The molecule has 0 radical (unpaired) electrons. The van der Waals surface area contributed by atoms with Gasteiger partial charge in [-0.2, -0.15) is 0 Å². The van der Waals surface area contributed by atoms with Gasteiger partial charge in [-0.1, -0.05) is 37.9 Å². The Balaban J connectivity index is 1.87. The lowest BCUT2D eigenvalue weighted by Gasteiger charge is -2.23. The molecule has 1 saturated carbocycles. The predicted molar refractivity (Wildman–Crippen MR) is 63.9 cm³/mol. The minimum Gasteiger partial charge on any atom is -0.362 e. The molecule has 0 aromatic rings. The molecular formula is C11H20N2S. The van der Waals surface area contributed by atoms with Crippen molar-refractivity contribution in [2.45, 2.75) is 45.1 Å². The van der Waals surface area contributed by atoms with Gasteiger partial charge in [0.2, 0.25) is 0 Å². The summed E-state index contributed by atoms with van der Waals surface area (Å²) in [5.41, 5.74) is 0. The highest BCUT2D eigenvalue weighted by atomic mass is 32.2. The molecule has 2 unspecified atom stereocenters. The predicted octanol–water partition coefficient (Wildman–Crippen LogP) is 2.65. The van der Waals surface area contributed by atoms with Gasteiger partial charge in [-0.3, -0.25) is 4.99 Å². The summed E-state index contributed by atoms with van der Waals surface area (Å²) in [6.07, 6.45) is 6.94. The molecule has 1 aliphatic heterocycles. The fraction of sp³-hybridized carbons (Fsp3) is 0.909. The van der Waals surface area contributed by atoms with Crippen molar-refractivity contribution in [3.63, 3.8) is 0 Å². The summed E-state index contributed by atoms with van der Waals surface area (Å²) in [5, 5.41) is 4.82. The molecule has 0 aromatic carbocycles. The van der Waals surface area contributed by atoms with Crippen LogP contribution in [0, 0.1) is 5.92 Å². The normalized spacial score (nSPS) is 33.6. The zero-order chi connectivity index (χ0) is 9.80. The van der Waals surface area contributed by atoms with E-state index < -0.39 is 0 Å². The highest BCUT2D eigenvalue weighted by Crippen LogP contribution is 2.24. The molecule has 1 aliphatic carbocycles. The Morgan fingerprint density at radius 3 is 2.93 bits per heavy atom. The molecule has 2 atom stereocenters. The van der Waals surface area contributed by atoms with Crippen molar-refractivity contribution in [2.75, 3.05) is 12.3 Å². The van der Waals surface area contributed by atoms with Crippen molar-refractivity contribution in [3.05, 3.63) is 0 Å². The van der Waals surface area contributed by atoms with E-state index in [0.717, 1.165) is 12.5 Å². The largest absolute Gasteiger partial charge is 0.362 e. The van der Waals surface area contributed by atoms with Gasteiger partial charge >= 0.3 is 0 Å². The van der Waals surface area contributed by atoms with Crippen molar-refractivity contribution >= 4 is 16.9 Å². The fourth-order valence-corrected chi connectivity index (χ4v) is 3.08. The molecule has 3 heteroatoms. The van der Waals surface area contributed by atoms with Crippen LogP contribution in [0.5, 0.6) is 0 Å². The standard InChI is InChI=1S/C11H20N2S/c1-9-5-3-2-4-6-10(9)13-11-12-7-8-14-11/h9-10H,2-8H2,1H3,(H,12,13). The van der Waals surface area contributed by atoms with Crippen molar-refractivity contribution in [2.24, 2.45) is 10.9 Å². The van der Waals surface area contributed by atoms with Crippen LogP contribution in [0.4, 0.5) is 0 Å². The molecule has 2 aliphatic rings. The van der Waals surface area contributed by atoms with Crippen molar-refractivity contribution in [1.29, 1.82) is 0 Å². The van der Waals surface area contributed by atoms with Gasteiger partial charge in [0.05, 0.1) is 6.54 Å². The maximum atomic E-state index is 4.46. The number of nitrogens with zero attached hydrogens (tertiary/aromatic N) is 1. The number of thioether (sulfide) groups is 1. The van der Waals surface area contributed by atoms with E-state index in [0.29, 0.717) is 6.04 Å². The van der Waals surface area contributed by atoms with E-state index in [4.69, 9.17) is 0 Å². The summed E-state index contributed by atoms with van der Waals surface area (Å²) in [6.45, 7) is 3.39. The van der Waals surface area contributed by atoms with Gasteiger partial charge in [0.15, 0.2) is 5.17 Å². The molecule has 1 fully saturated rings. The third-order valence-electron chi connectivity index (χ3n) is 3.26. The Morgan fingerprint density at radius 2 is 2.14 bits per heavy atom. The Morgan fingerprint density at radius 1 is 1.29 bits per heavy atom. The Labute approximate surface area is 90.9 Å². The second-order valence-corrected chi connectivity index (χ2v) is 5.49. The Bertz CT molecular complexity index is 215. The van der Waals surface area contributed by atoms with E-state index >= 15 is 0 Å². The molecule has 2 nitrogen and oxygen atoms in total. The summed E-state index contributed by atoms with van der Waals surface area (Å²) in [6, 6.07) is 0.682. The third-order valence-corrected chi connectivity index (χ3v) is 4.16. The van der Waals surface area contributed by atoms with E-state index in [1.165, 1.54) is 43.0 Å². The Hall–Kier alpha value is -0.180. The molecule has 2 rings (SSSR count). The summed E-state index contributed by atoms with van der Waals surface area (Å²) in [7, 11) is 0. The molecule has 0 amide bonds. The maximum Gasteiger partial charge on any atom is 0.156 e. The number of aliphatic imine (C=N–C) groups is 1. The molecular weight excluding hydrogens is 192 g/mol. The average molecular weight is 212 g/mol. The van der Waals surface area contributed by atoms with Gasteiger partial charge in [0.1, 0.15) is 0 Å². The van der Waals surface area contributed by atoms with E-state index in [1.807, 2.05) is 11.8 Å². The van der Waals surface area contributed by atoms with Gasteiger partial charge in [0.25, 0.3) is 0 Å². The van der Waals surface area contributed by atoms with Crippen LogP contribution in [0.2, 0.25) is 0 Å². The number of rotatable bonds is 1. The summed E-state index contributed by atoms with van der Waals surface area (Å²) in [5.74, 6) is 1.99. The van der Waals surface area contributed by atoms with Crippen molar-refractivity contribution in [3.8, 4) is 0 Å². The number of hydrogen-bond acceptors (Lipinski definition) is 3. The SMILES string of the molecule is CC1CCCCCC1NC1=NCCS1. The first-order valence-electron chi connectivity index (χ1n) is 5.80. The first kappa shape index (κ1) is 10.3. The molecule has 0 aromatic heterocycles. The minimum absolute atomic E-state index is 0.682. The van der Waals surface area contributed by atoms with E-state index in [2.05, 4.69) is 17.2 Å². The molecule has 1 N–H and O–H groups in total. The second-order valence-electron chi connectivity index (χ2n) is 4.40. The van der Waals surface area contributed by atoms with Gasteiger partial charge < -0.3 is 5.32 Å². The van der Waals surface area contributed by atoms with Crippen LogP contribution in [0.3, 0.4) is 0 Å². The van der Waals surface area contributed by atoms with Gasteiger partial charge in [-0.15, -0.1) is 0 Å². The molecule has 1 heterocycles.